The normalized spacial score (nSPS) is 10.4. The van der Waals surface area contributed by atoms with Crippen molar-refractivity contribution in [1.29, 1.82) is 0 Å². The second-order valence-corrected chi connectivity index (χ2v) is 6.62. The quantitative estimate of drug-likeness (QED) is 0.682. The van der Waals surface area contributed by atoms with Crippen molar-refractivity contribution in [3.63, 3.8) is 0 Å². The van der Waals surface area contributed by atoms with E-state index in [4.69, 9.17) is 14.2 Å². The first kappa shape index (κ1) is 20.6. The second kappa shape index (κ2) is 9.86. The molecule has 1 amide bonds. The van der Waals surface area contributed by atoms with Gasteiger partial charge in [0.2, 0.25) is 5.91 Å². The van der Waals surface area contributed by atoms with Crippen molar-refractivity contribution >= 4 is 5.91 Å². The Hall–Kier alpha value is -2.69. The molecule has 0 aliphatic rings. The van der Waals surface area contributed by atoms with Gasteiger partial charge in [-0.3, -0.25) is 4.79 Å². The van der Waals surface area contributed by atoms with Crippen molar-refractivity contribution in [2.75, 3.05) is 27.4 Å². The molecule has 2 rings (SSSR count). The molecule has 0 aliphatic carbocycles. The van der Waals surface area contributed by atoms with E-state index in [-0.39, 0.29) is 5.91 Å². The SMILES string of the molecule is COc1ccc(CCC(=O)NCCOc2c(C)cc(C)cc2C)cc1OC. The second-order valence-electron chi connectivity index (χ2n) is 6.62. The molecule has 1 N–H and O–H groups in total. The van der Waals surface area contributed by atoms with Gasteiger partial charge in [0.25, 0.3) is 0 Å². The minimum atomic E-state index is 0.00531. The van der Waals surface area contributed by atoms with Crippen molar-refractivity contribution < 1.29 is 19.0 Å². The van der Waals surface area contributed by atoms with E-state index in [0.717, 1.165) is 22.4 Å². The lowest BCUT2D eigenvalue weighted by atomic mass is 10.1. The highest BCUT2D eigenvalue weighted by Crippen LogP contribution is 2.28. The Bertz CT molecular complexity index is 763. The number of amides is 1. The maximum atomic E-state index is 12.1. The van der Waals surface area contributed by atoms with E-state index in [9.17, 15) is 4.79 Å². The molecule has 2 aromatic rings. The summed E-state index contributed by atoms with van der Waals surface area (Å²) in [6.45, 7) is 7.08. The van der Waals surface area contributed by atoms with Gasteiger partial charge in [0, 0.05) is 6.42 Å². The van der Waals surface area contributed by atoms with E-state index in [1.165, 1.54) is 5.56 Å². The molecular formula is C22H29NO4. The molecule has 5 heteroatoms. The fourth-order valence-electron chi connectivity index (χ4n) is 3.12. The third-order valence-corrected chi connectivity index (χ3v) is 4.36. The Morgan fingerprint density at radius 2 is 1.63 bits per heavy atom. The predicted molar refractivity (Wildman–Crippen MR) is 107 cm³/mol. The minimum absolute atomic E-state index is 0.00531. The number of aryl methyl sites for hydroxylation is 4. The first-order valence-electron chi connectivity index (χ1n) is 9.13. The Balaban J connectivity index is 1.76. The van der Waals surface area contributed by atoms with Crippen LogP contribution in [0.2, 0.25) is 0 Å². The van der Waals surface area contributed by atoms with Gasteiger partial charge in [-0.1, -0.05) is 23.8 Å². The lowest BCUT2D eigenvalue weighted by Gasteiger charge is -2.13. The highest BCUT2D eigenvalue weighted by atomic mass is 16.5. The molecule has 0 radical (unpaired) electrons. The van der Waals surface area contributed by atoms with Crippen LogP contribution < -0.4 is 19.5 Å². The molecule has 2 aromatic carbocycles. The first-order valence-corrected chi connectivity index (χ1v) is 9.13. The summed E-state index contributed by atoms with van der Waals surface area (Å²) in [5, 5.41) is 2.90. The average Bonchev–Trinajstić information content (AvgIpc) is 2.64. The fraction of sp³-hybridized carbons (Fsp3) is 0.409. The maximum Gasteiger partial charge on any atom is 0.220 e. The van der Waals surface area contributed by atoms with Crippen molar-refractivity contribution in [3.05, 3.63) is 52.6 Å². The van der Waals surface area contributed by atoms with Crippen molar-refractivity contribution in [3.8, 4) is 17.2 Å². The molecule has 0 fully saturated rings. The van der Waals surface area contributed by atoms with Gasteiger partial charge < -0.3 is 19.5 Å². The summed E-state index contributed by atoms with van der Waals surface area (Å²) < 4.78 is 16.4. The topological polar surface area (TPSA) is 56.8 Å². The number of rotatable bonds is 9. The zero-order valence-corrected chi connectivity index (χ0v) is 16.8. The van der Waals surface area contributed by atoms with E-state index in [1.54, 1.807) is 14.2 Å². The number of carbonyl (C=O) groups excluding carboxylic acids is 1. The first-order chi connectivity index (χ1) is 12.9. The molecule has 0 aromatic heterocycles. The van der Waals surface area contributed by atoms with Gasteiger partial charge in [0.05, 0.1) is 20.8 Å². The van der Waals surface area contributed by atoms with E-state index >= 15 is 0 Å². The smallest absolute Gasteiger partial charge is 0.220 e. The highest BCUT2D eigenvalue weighted by molar-refractivity contribution is 5.76. The van der Waals surface area contributed by atoms with E-state index in [0.29, 0.717) is 37.5 Å². The third kappa shape index (κ3) is 5.91. The Morgan fingerprint density at radius 3 is 2.26 bits per heavy atom. The molecule has 0 spiro atoms. The number of hydrogen-bond donors (Lipinski definition) is 1. The Morgan fingerprint density at radius 1 is 0.963 bits per heavy atom. The van der Waals surface area contributed by atoms with E-state index in [2.05, 4.69) is 24.4 Å². The standard InChI is InChI=1S/C22H29NO4/c1-15-12-16(2)22(17(3)13-15)27-11-10-23-21(24)9-7-18-6-8-19(25-4)20(14-18)26-5/h6,8,12-14H,7,9-11H2,1-5H3,(H,23,24). The molecule has 0 atom stereocenters. The zero-order valence-electron chi connectivity index (χ0n) is 16.8. The summed E-state index contributed by atoms with van der Waals surface area (Å²) in [5.41, 5.74) is 4.49. The number of benzene rings is 2. The monoisotopic (exact) mass is 371 g/mol. The van der Waals surface area contributed by atoms with Gasteiger partial charge in [-0.05, 0) is 56.0 Å². The molecule has 0 saturated heterocycles. The lowest BCUT2D eigenvalue weighted by Crippen LogP contribution is -2.28. The van der Waals surface area contributed by atoms with Crippen LogP contribution in [-0.2, 0) is 11.2 Å². The van der Waals surface area contributed by atoms with Crippen LogP contribution in [-0.4, -0.2) is 33.3 Å². The zero-order chi connectivity index (χ0) is 19.8. The van der Waals surface area contributed by atoms with Gasteiger partial charge in [0.1, 0.15) is 12.4 Å². The van der Waals surface area contributed by atoms with Gasteiger partial charge in [-0.2, -0.15) is 0 Å². The van der Waals surface area contributed by atoms with Crippen LogP contribution in [0.25, 0.3) is 0 Å². The number of carbonyl (C=O) groups is 1. The van der Waals surface area contributed by atoms with E-state index < -0.39 is 0 Å². The number of nitrogens with one attached hydrogen (secondary N) is 1. The minimum Gasteiger partial charge on any atom is -0.493 e. The van der Waals surface area contributed by atoms with Gasteiger partial charge in [0.15, 0.2) is 11.5 Å². The largest absolute Gasteiger partial charge is 0.493 e. The summed E-state index contributed by atoms with van der Waals surface area (Å²) in [4.78, 5) is 12.1. The van der Waals surface area contributed by atoms with Crippen LogP contribution in [0.1, 0.15) is 28.7 Å². The summed E-state index contributed by atoms with van der Waals surface area (Å²) in [6.07, 6.45) is 1.06. The van der Waals surface area contributed by atoms with Gasteiger partial charge in [-0.15, -0.1) is 0 Å². The molecule has 0 heterocycles. The summed E-state index contributed by atoms with van der Waals surface area (Å²) >= 11 is 0. The number of methoxy groups -OCH3 is 2. The fourth-order valence-corrected chi connectivity index (χ4v) is 3.12. The molecule has 146 valence electrons. The van der Waals surface area contributed by atoms with Crippen molar-refractivity contribution in [1.82, 2.24) is 5.32 Å². The van der Waals surface area contributed by atoms with Crippen LogP contribution >= 0.6 is 0 Å². The lowest BCUT2D eigenvalue weighted by molar-refractivity contribution is -0.121. The summed E-state index contributed by atoms with van der Waals surface area (Å²) in [5.74, 6) is 2.27. The van der Waals surface area contributed by atoms with Gasteiger partial charge >= 0.3 is 0 Å². The van der Waals surface area contributed by atoms with Crippen LogP contribution in [0.15, 0.2) is 30.3 Å². The summed E-state index contributed by atoms with van der Waals surface area (Å²) in [6, 6.07) is 9.90. The van der Waals surface area contributed by atoms with Crippen molar-refractivity contribution in [2.45, 2.75) is 33.6 Å². The van der Waals surface area contributed by atoms with Crippen LogP contribution in [0.4, 0.5) is 0 Å². The van der Waals surface area contributed by atoms with Crippen LogP contribution in [0.5, 0.6) is 17.2 Å². The predicted octanol–water partition coefficient (Wildman–Crippen LogP) is 3.76. The highest BCUT2D eigenvalue weighted by Gasteiger charge is 2.08. The van der Waals surface area contributed by atoms with Crippen LogP contribution in [0, 0.1) is 20.8 Å². The van der Waals surface area contributed by atoms with Crippen LogP contribution in [0.3, 0.4) is 0 Å². The molecule has 27 heavy (non-hydrogen) atoms. The maximum absolute atomic E-state index is 12.1. The summed E-state index contributed by atoms with van der Waals surface area (Å²) in [7, 11) is 3.21. The third-order valence-electron chi connectivity index (χ3n) is 4.36. The Labute approximate surface area is 161 Å². The van der Waals surface area contributed by atoms with Crippen molar-refractivity contribution in [2.24, 2.45) is 0 Å². The molecule has 5 nitrogen and oxygen atoms in total. The van der Waals surface area contributed by atoms with E-state index in [1.807, 2.05) is 32.0 Å². The molecule has 0 saturated carbocycles. The molecular weight excluding hydrogens is 342 g/mol. The van der Waals surface area contributed by atoms with Gasteiger partial charge in [-0.25, -0.2) is 0 Å². The average molecular weight is 371 g/mol. The molecule has 0 unspecified atom stereocenters. The molecule has 0 aliphatic heterocycles. The molecule has 0 bridgehead atoms. The Kier molecular flexibility index (Phi) is 7.53. The number of ether oxygens (including phenoxy) is 3. The number of hydrogen-bond acceptors (Lipinski definition) is 4.